The molecule has 1 saturated heterocycles. The van der Waals surface area contributed by atoms with E-state index in [2.05, 4.69) is 15.5 Å². The summed E-state index contributed by atoms with van der Waals surface area (Å²) in [4.78, 5) is 14.7. The van der Waals surface area contributed by atoms with E-state index in [1.54, 1.807) is 0 Å². The number of nitrogens with one attached hydrogen (secondary N) is 2. The third-order valence-electron chi connectivity index (χ3n) is 3.85. The van der Waals surface area contributed by atoms with Crippen LogP contribution in [0.1, 0.15) is 35.2 Å². The molecule has 1 fully saturated rings. The molecule has 0 aromatic heterocycles. The van der Waals surface area contributed by atoms with Gasteiger partial charge in [0, 0.05) is 25.8 Å². The van der Waals surface area contributed by atoms with Crippen molar-refractivity contribution < 1.29 is 4.79 Å². The van der Waals surface area contributed by atoms with Gasteiger partial charge in [-0.25, -0.2) is 0 Å². The Balaban J connectivity index is 1.86. The molecule has 0 unspecified atom stereocenters. The molecule has 2 N–H and O–H groups in total. The summed E-state index contributed by atoms with van der Waals surface area (Å²) in [5.74, 6) is 0.00931. The first-order chi connectivity index (χ1) is 9.70. The minimum atomic E-state index is 0.00931. The van der Waals surface area contributed by atoms with Gasteiger partial charge >= 0.3 is 0 Å². The van der Waals surface area contributed by atoms with Crippen molar-refractivity contribution in [2.75, 3.05) is 38.5 Å². The van der Waals surface area contributed by atoms with E-state index in [0.717, 1.165) is 29.9 Å². The van der Waals surface area contributed by atoms with E-state index >= 15 is 0 Å². The van der Waals surface area contributed by atoms with E-state index in [-0.39, 0.29) is 5.91 Å². The average molecular weight is 275 g/mol. The number of likely N-dealkylation sites (tertiary alicyclic amines) is 1. The number of rotatable bonds is 5. The molecule has 2 rings (SSSR count). The van der Waals surface area contributed by atoms with Crippen LogP contribution in [0.5, 0.6) is 0 Å². The van der Waals surface area contributed by atoms with Gasteiger partial charge in [0.1, 0.15) is 0 Å². The van der Waals surface area contributed by atoms with Crippen LogP contribution < -0.4 is 10.6 Å². The largest absolute Gasteiger partial charge is 0.387 e. The minimum Gasteiger partial charge on any atom is -0.387 e. The normalized spacial score (nSPS) is 15.9. The van der Waals surface area contributed by atoms with Crippen molar-refractivity contribution in [2.45, 2.75) is 26.2 Å². The second kappa shape index (κ2) is 7.29. The molecule has 0 radical (unpaired) electrons. The highest BCUT2D eigenvalue weighted by Gasteiger charge is 2.12. The van der Waals surface area contributed by atoms with Crippen LogP contribution in [0.3, 0.4) is 0 Å². The molecule has 0 atom stereocenters. The van der Waals surface area contributed by atoms with Crippen molar-refractivity contribution in [1.82, 2.24) is 10.2 Å². The maximum Gasteiger partial charge on any atom is 0.253 e. The molecule has 20 heavy (non-hydrogen) atoms. The molecule has 1 aliphatic heterocycles. The van der Waals surface area contributed by atoms with E-state index in [1.807, 2.05) is 32.2 Å². The first-order valence-corrected chi connectivity index (χ1v) is 7.49. The zero-order valence-electron chi connectivity index (χ0n) is 12.5. The van der Waals surface area contributed by atoms with E-state index in [0.29, 0.717) is 0 Å². The molecule has 1 aromatic rings. The van der Waals surface area contributed by atoms with E-state index in [4.69, 9.17) is 0 Å². The number of aryl methyl sites for hydroxylation is 1. The maximum absolute atomic E-state index is 12.2. The Kier molecular flexibility index (Phi) is 5.41. The lowest BCUT2D eigenvalue weighted by molar-refractivity contribution is 0.0947. The lowest BCUT2D eigenvalue weighted by atomic mass is 10.1. The van der Waals surface area contributed by atoms with Gasteiger partial charge in [-0.15, -0.1) is 0 Å². The molecule has 1 amide bonds. The van der Waals surface area contributed by atoms with Crippen LogP contribution >= 0.6 is 0 Å². The molecule has 1 aromatic carbocycles. The van der Waals surface area contributed by atoms with Crippen molar-refractivity contribution in [3.05, 3.63) is 29.3 Å². The summed E-state index contributed by atoms with van der Waals surface area (Å²) in [7, 11) is 1.84. The van der Waals surface area contributed by atoms with Gasteiger partial charge in [0.05, 0.1) is 5.56 Å². The van der Waals surface area contributed by atoms with Crippen LogP contribution in [0.25, 0.3) is 0 Å². The van der Waals surface area contributed by atoms with Gasteiger partial charge in [-0.05, 0) is 45.0 Å². The van der Waals surface area contributed by atoms with Crippen LogP contribution in [-0.4, -0.2) is 44.0 Å². The number of amides is 1. The number of hydrogen-bond donors (Lipinski definition) is 2. The lowest BCUT2D eigenvalue weighted by Gasteiger charge is -2.26. The molecule has 4 nitrogen and oxygen atoms in total. The van der Waals surface area contributed by atoms with E-state index in [1.165, 1.54) is 32.4 Å². The third kappa shape index (κ3) is 3.97. The fourth-order valence-corrected chi connectivity index (χ4v) is 2.67. The molecule has 0 saturated carbocycles. The van der Waals surface area contributed by atoms with Crippen LogP contribution in [0.4, 0.5) is 5.69 Å². The molecule has 0 aliphatic carbocycles. The number of nitrogens with zero attached hydrogens (tertiary/aromatic N) is 1. The Labute approximate surface area is 121 Å². The molecule has 0 spiro atoms. The number of carbonyl (C=O) groups is 1. The zero-order chi connectivity index (χ0) is 14.4. The topological polar surface area (TPSA) is 44.4 Å². The van der Waals surface area contributed by atoms with Gasteiger partial charge < -0.3 is 15.5 Å². The second-order valence-electron chi connectivity index (χ2n) is 5.46. The predicted molar refractivity (Wildman–Crippen MR) is 83.3 cm³/mol. The Morgan fingerprint density at radius 3 is 2.70 bits per heavy atom. The predicted octanol–water partition coefficient (Wildman–Crippen LogP) is 2.25. The SMILES string of the molecule is CNc1ccc(C)cc1C(=O)NCCN1CCCCC1. The van der Waals surface area contributed by atoms with Crippen molar-refractivity contribution >= 4 is 11.6 Å². The summed E-state index contributed by atoms with van der Waals surface area (Å²) < 4.78 is 0. The zero-order valence-corrected chi connectivity index (χ0v) is 12.5. The van der Waals surface area contributed by atoms with Gasteiger partial charge in [-0.2, -0.15) is 0 Å². The highest BCUT2D eigenvalue weighted by molar-refractivity contribution is 5.99. The van der Waals surface area contributed by atoms with Crippen LogP contribution in [0, 0.1) is 6.92 Å². The smallest absolute Gasteiger partial charge is 0.253 e. The summed E-state index contributed by atoms with van der Waals surface area (Å²) in [5, 5.41) is 6.10. The molecule has 110 valence electrons. The van der Waals surface area contributed by atoms with Gasteiger partial charge in [-0.1, -0.05) is 18.1 Å². The van der Waals surface area contributed by atoms with Gasteiger partial charge in [0.25, 0.3) is 5.91 Å². The second-order valence-corrected chi connectivity index (χ2v) is 5.46. The average Bonchev–Trinajstić information content (AvgIpc) is 2.48. The summed E-state index contributed by atoms with van der Waals surface area (Å²) in [6.45, 7) is 6.01. The lowest BCUT2D eigenvalue weighted by Crippen LogP contribution is -2.37. The van der Waals surface area contributed by atoms with Gasteiger partial charge in [-0.3, -0.25) is 4.79 Å². The van der Waals surface area contributed by atoms with E-state index < -0.39 is 0 Å². The Morgan fingerprint density at radius 1 is 1.25 bits per heavy atom. The van der Waals surface area contributed by atoms with Gasteiger partial charge in [0.2, 0.25) is 0 Å². The Morgan fingerprint density at radius 2 is 2.00 bits per heavy atom. The maximum atomic E-state index is 12.2. The number of hydrogen-bond acceptors (Lipinski definition) is 3. The quantitative estimate of drug-likeness (QED) is 0.866. The van der Waals surface area contributed by atoms with Crippen molar-refractivity contribution in [3.63, 3.8) is 0 Å². The summed E-state index contributed by atoms with van der Waals surface area (Å²) in [5.41, 5.74) is 2.71. The number of benzene rings is 1. The summed E-state index contributed by atoms with van der Waals surface area (Å²) in [6, 6.07) is 5.90. The molecular formula is C16H25N3O. The summed E-state index contributed by atoms with van der Waals surface area (Å²) >= 11 is 0. The van der Waals surface area contributed by atoms with Crippen molar-refractivity contribution in [1.29, 1.82) is 0 Å². The monoisotopic (exact) mass is 275 g/mol. The molecule has 4 heteroatoms. The van der Waals surface area contributed by atoms with Crippen LogP contribution in [0.15, 0.2) is 18.2 Å². The standard InChI is InChI=1S/C16H25N3O/c1-13-6-7-15(17-2)14(12-13)16(20)18-8-11-19-9-4-3-5-10-19/h6-7,12,17H,3-5,8-11H2,1-2H3,(H,18,20). The summed E-state index contributed by atoms with van der Waals surface area (Å²) in [6.07, 6.45) is 3.92. The fraction of sp³-hybridized carbons (Fsp3) is 0.562. The number of carbonyl (C=O) groups excluding carboxylic acids is 1. The minimum absolute atomic E-state index is 0.00931. The molecule has 0 bridgehead atoms. The molecule has 1 heterocycles. The number of piperidine rings is 1. The van der Waals surface area contributed by atoms with Crippen molar-refractivity contribution in [3.8, 4) is 0 Å². The van der Waals surface area contributed by atoms with Gasteiger partial charge in [0.15, 0.2) is 0 Å². The van der Waals surface area contributed by atoms with Crippen LogP contribution in [-0.2, 0) is 0 Å². The highest BCUT2D eigenvalue weighted by atomic mass is 16.1. The van der Waals surface area contributed by atoms with Crippen LogP contribution in [0.2, 0.25) is 0 Å². The molecular weight excluding hydrogens is 250 g/mol. The third-order valence-corrected chi connectivity index (χ3v) is 3.85. The first kappa shape index (κ1) is 14.9. The first-order valence-electron chi connectivity index (χ1n) is 7.49. The molecule has 1 aliphatic rings. The number of anilines is 1. The Hall–Kier alpha value is -1.55. The fourth-order valence-electron chi connectivity index (χ4n) is 2.67. The highest BCUT2D eigenvalue weighted by Crippen LogP contribution is 2.16. The van der Waals surface area contributed by atoms with Crippen molar-refractivity contribution in [2.24, 2.45) is 0 Å². The Bertz CT molecular complexity index is 453. The van der Waals surface area contributed by atoms with E-state index in [9.17, 15) is 4.79 Å².